The van der Waals surface area contributed by atoms with E-state index in [1.807, 2.05) is 61.5 Å². The number of fused-ring (bicyclic) bond motifs is 1. The third-order valence-electron chi connectivity index (χ3n) is 7.36. The number of hydrogen-bond acceptors (Lipinski definition) is 5. The summed E-state index contributed by atoms with van der Waals surface area (Å²) in [5.41, 5.74) is 2.76. The molecule has 0 unspecified atom stereocenters. The van der Waals surface area contributed by atoms with Crippen molar-refractivity contribution >= 4 is 57.7 Å². The van der Waals surface area contributed by atoms with E-state index in [1.54, 1.807) is 54.6 Å². The number of nitrogens with zero attached hydrogens (tertiary/aromatic N) is 2. The number of aryl methyl sites for hydroxylation is 1. The fraction of sp³-hybridized carbons (Fsp3) is 0.0833. The number of barbiturate groups is 1. The molecule has 218 valence electrons. The van der Waals surface area contributed by atoms with Crippen LogP contribution in [0.4, 0.5) is 16.2 Å². The molecule has 7 nitrogen and oxygen atoms in total. The summed E-state index contributed by atoms with van der Waals surface area (Å²) in [6, 6.07) is 31.6. The highest BCUT2D eigenvalue weighted by atomic mass is 35.5. The van der Waals surface area contributed by atoms with Crippen LogP contribution in [0.5, 0.6) is 11.5 Å². The SMILES string of the molecule is COc1cc(/C=C2\C(=O)N(c3cccc(C)c3)C(=O)N(c3cccc4ccccc34)C2=O)ccc1OCc1ccccc1Cl. The van der Waals surface area contributed by atoms with Crippen LogP contribution >= 0.6 is 11.6 Å². The molecule has 0 aromatic heterocycles. The van der Waals surface area contributed by atoms with Gasteiger partial charge in [0.25, 0.3) is 11.8 Å². The average molecular weight is 603 g/mol. The Morgan fingerprint density at radius 1 is 0.750 bits per heavy atom. The van der Waals surface area contributed by atoms with Crippen molar-refractivity contribution in [1.82, 2.24) is 0 Å². The van der Waals surface area contributed by atoms with E-state index in [1.165, 1.54) is 13.2 Å². The van der Waals surface area contributed by atoms with E-state index in [2.05, 4.69) is 0 Å². The summed E-state index contributed by atoms with van der Waals surface area (Å²) in [4.78, 5) is 44.1. The summed E-state index contributed by atoms with van der Waals surface area (Å²) in [6.45, 7) is 2.09. The van der Waals surface area contributed by atoms with Gasteiger partial charge in [0.15, 0.2) is 11.5 Å². The van der Waals surface area contributed by atoms with Gasteiger partial charge in [-0.3, -0.25) is 9.59 Å². The van der Waals surface area contributed by atoms with Crippen LogP contribution in [0.1, 0.15) is 16.7 Å². The Morgan fingerprint density at radius 2 is 1.48 bits per heavy atom. The maximum Gasteiger partial charge on any atom is 0.343 e. The minimum atomic E-state index is -0.750. The normalized spacial score (nSPS) is 14.4. The lowest BCUT2D eigenvalue weighted by atomic mass is 10.0. The van der Waals surface area contributed by atoms with Crippen molar-refractivity contribution in [3.63, 3.8) is 0 Å². The van der Waals surface area contributed by atoms with Gasteiger partial charge in [0.2, 0.25) is 0 Å². The van der Waals surface area contributed by atoms with Crippen LogP contribution in [0.25, 0.3) is 16.8 Å². The molecule has 1 heterocycles. The Balaban J connectivity index is 1.42. The second kappa shape index (κ2) is 12.1. The quantitative estimate of drug-likeness (QED) is 0.139. The number of urea groups is 1. The number of ether oxygens (including phenoxy) is 2. The molecule has 6 rings (SSSR count). The number of imide groups is 2. The van der Waals surface area contributed by atoms with Crippen molar-refractivity contribution in [1.29, 1.82) is 0 Å². The van der Waals surface area contributed by atoms with Crippen molar-refractivity contribution in [2.75, 3.05) is 16.9 Å². The predicted octanol–water partition coefficient (Wildman–Crippen LogP) is 7.97. The van der Waals surface area contributed by atoms with Gasteiger partial charge in [-0.2, -0.15) is 0 Å². The average Bonchev–Trinajstić information content (AvgIpc) is 3.03. The summed E-state index contributed by atoms with van der Waals surface area (Å²) in [6.07, 6.45) is 1.47. The fourth-order valence-electron chi connectivity index (χ4n) is 5.17. The molecule has 0 radical (unpaired) electrons. The Hall–Kier alpha value is -5.40. The highest BCUT2D eigenvalue weighted by Crippen LogP contribution is 2.35. The number of carbonyl (C=O) groups is 3. The lowest BCUT2D eigenvalue weighted by Crippen LogP contribution is -2.57. The first-order valence-corrected chi connectivity index (χ1v) is 14.3. The van der Waals surface area contributed by atoms with Gasteiger partial charge in [-0.15, -0.1) is 0 Å². The molecule has 1 fully saturated rings. The van der Waals surface area contributed by atoms with Crippen molar-refractivity contribution in [3.05, 3.63) is 136 Å². The van der Waals surface area contributed by atoms with Gasteiger partial charge in [-0.25, -0.2) is 14.6 Å². The molecule has 44 heavy (non-hydrogen) atoms. The molecule has 1 aliphatic rings. The van der Waals surface area contributed by atoms with Crippen molar-refractivity contribution in [3.8, 4) is 11.5 Å². The van der Waals surface area contributed by atoms with Gasteiger partial charge in [-0.05, 0) is 65.9 Å². The molecular formula is C36H27ClN2O5. The van der Waals surface area contributed by atoms with Gasteiger partial charge in [-0.1, -0.05) is 84.4 Å². The van der Waals surface area contributed by atoms with E-state index in [-0.39, 0.29) is 12.2 Å². The Morgan fingerprint density at radius 3 is 2.27 bits per heavy atom. The monoisotopic (exact) mass is 602 g/mol. The molecule has 5 aromatic rings. The number of halogens is 1. The maximum absolute atomic E-state index is 14.1. The molecular weight excluding hydrogens is 576 g/mol. The van der Waals surface area contributed by atoms with Crippen LogP contribution < -0.4 is 19.3 Å². The molecule has 8 heteroatoms. The lowest BCUT2D eigenvalue weighted by Gasteiger charge is -2.34. The molecule has 0 atom stereocenters. The number of carbonyl (C=O) groups excluding carboxylic acids is 3. The van der Waals surface area contributed by atoms with E-state index in [4.69, 9.17) is 21.1 Å². The fourth-order valence-corrected chi connectivity index (χ4v) is 5.36. The zero-order valence-corrected chi connectivity index (χ0v) is 24.7. The third kappa shape index (κ3) is 5.41. The van der Waals surface area contributed by atoms with Crippen molar-refractivity contribution in [2.45, 2.75) is 13.5 Å². The maximum atomic E-state index is 14.1. The van der Waals surface area contributed by atoms with E-state index < -0.39 is 17.8 Å². The van der Waals surface area contributed by atoms with Crippen molar-refractivity contribution in [2.24, 2.45) is 0 Å². The molecule has 0 N–H and O–H groups in total. The second-order valence-corrected chi connectivity index (χ2v) is 10.7. The number of methoxy groups -OCH3 is 1. The Kier molecular flexibility index (Phi) is 7.87. The van der Waals surface area contributed by atoms with Crippen LogP contribution in [-0.2, 0) is 16.2 Å². The number of amides is 4. The standard InChI is InChI=1S/C36H27ClN2O5/c1-23-9-7-13-27(19-23)38-34(40)29(35(41)39(36(38)42)31-16-8-12-25-10-3-5-14-28(25)31)20-24-17-18-32(33(21-24)43-2)44-22-26-11-4-6-15-30(26)37/h3-21H,22H2,1-2H3/b29-20+. The largest absolute Gasteiger partial charge is 0.493 e. The topological polar surface area (TPSA) is 76.2 Å². The van der Waals surface area contributed by atoms with Crippen LogP contribution in [0, 0.1) is 6.92 Å². The van der Waals surface area contributed by atoms with Crippen molar-refractivity contribution < 1.29 is 23.9 Å². The summed E-state index contributed by atoms with van der Waals surface area (Å²) in [5.74, 6) is -0.581. The van der Waals surface area contributed by atoms with E-state index >= 15 is 0 Å². The van der Waals surface area contributed by atoms with Crippen LogP contribution in [0.2, 0.25) is 5.02 Å². The van der Waals surface area contributed by atoms with Gasteiger partial charge >= 0.3 is 6.03 Å². The van der Waals surface area contributed by atoms with Gasteiger partial charge in [0.05, 0.1) is 18.5 Å². The molecule has 1 aliphatic heterocycles. The molecule has 5 aromatic carbocycles. The Labute approximate surface area is 259 Å². The van der Waals surface area contributed by atoms with Gasteiger partial charge < -0.3 is 9.47 Å². The smallest absolute Gasteiger partial charge is 0.343 e. The second-order valence-electron chi connectivity index (χ2n) is 10.2. The molecule has 0 aliphatic carbocycles. The lowest BCUT2D eigenvalue weighted by molar-refractivity contribution is -0.121. The number of hydrogen-bond donors (Lipinski definition) is 0. The number of anilines is 2. The molecule has 0 spiro atoms. The summed E-state index contributed by atoms with van der Waals surface area (Å²) in [7, 11) is 1.51. The minimum absolute atomic E-state index is 0.175. The summed E-state index contributed by atoms with van der Waals surface area (Å²) in [5, 5.41) is 2.15. The molecule has 4 amide bonds. The number of rotatable bonds is 7. The molecule has 0 bridgehead atoms. The zero-order chi connectivity index (χ0) is 30.8. The first kappa shape index (κ1) is 28.7. The highest BCUT2D eigenvalue weighted by molar-refractivity contribution is 6.46. The zero-order valence-electron chi connectivity index (χ0n) is 24.0. The molecule has 0 saturated carbocycles. The van der Waals surface area contributed by atoms with Crippen LogP contribution in [0.3, 0.4) is 0 Å². The molecule has 1 saturated heterocycles. The third-order valence-corrected chi connectivity index (χ3v) is 7.73. The predicted molar refractivity (Wildman–Crippen MR) is 172 cm³/mol. The Bertz CT molecular complexity index is 1960. The highest BCUT2D eigenvalue weighted by Gasteiger charge is 2.44. The van der Waals surface area contributed by atoms with E-state index in [9.17, 15) is 14.4 Å². The summed E-state index contributed by atoms with van der Waals surface area (Å²) >= 11 is 6.27. The number of benzene rings is 5. The van der Waals surface area contributed by atoms with Crippen LogP contribution in [0.15, 0.2) is 115 Å². The van der Waals surface area contributed by atoms with Crippen LogP contribution in [-0.4, -0.2) is 25.0 Å². The summed E-state index contributed by atoms with van der Waals surface area (Å²) < 4.78 is 11.5. The van der Waals surface area contributed by atoms with E-state index in [0.29, 0.717) is 38.8 Å². The first-order valence-electron chi connectivity index (χ1n) is 13.9. The minimum Gasteiger partial charge on any atom is -0.493 e. The van der Waals surface area contributed by atoms with Gasteiger partial charge in [0.1, 0.15) is 12.2 Å². The van der Waals surface area contributed by atoms with Gasteiger partial charge in [0, 0.05) is 16.0 Å². The first-order chi connectivity index (χ1) is 21.4. The van der Waals surface area contributed by atoms with E-state index in [0.717, 1.165) is 26.3 Å².